The molecule has 2 heterocycles. The van der Waals surface area contributed by atoms with Gasteiger partial charge in [0.15, 0.2) is 0 Å². The highest BCUT2D eigenvalue weighted by Gasteiger charge is 2.11. The summed E-state index contributed by atoms with van der Waals surface area (Å²) in [6.07, 6.45) is 1.12. The smallest absolute Gasteiger partial charge is 0.258 e. The normalized spacial score (nSPS) is 10.6. The van der Waals surface area contributed by atoms with Crippen LogP contribution in [0.4, 0.5) is 4.39 Å². The van der Waals surface area contributed by atoms with Crippen molar-refractivity contribution < 1.29 is 8.91 Å². The summed E-state index contributed by atoms with van der Waals surface area (Å²) < 4.78 is 18.9. The predicted octanol–water partition coefficient (Wildman–Crippen LogP) is 3.70. The molecule has 0 spiro atoms. The molecule has 94 valence electrons. The highest BCUT2D eigenvalue weighted by Crippen LogP contribution is 2.23. The molecule has 0 aliphatic carbocycles. The topological polar surface area (TPSA) is 51.8 Å². The van der Waals surface area contributed by atoms with Gasteiger partial charge in [-0.15, -0.1) is 0 Å². The maximum atomic E-state index is 12.8. The number of nitrogens with zero attached hydrogens (tertiary/aromatic N) is 3. The van der Waals surface area contributed by atoms with E-state index in [4.69, 9.17) is 4.52 Å². The van der Waals surface area contributed by atoms with E-state index in [-0.39, 0.29) is 0 Å². The van der Waals surface area contributed by atoms with E-state index in [1.54, 1.807) is 0 Å². The van der Waals surface area contributed by atoms with Gasteiger partial charge < -0.3 is 4.52 Å². The van der Waals surface area contributed by atoms with Crippen LogP contribution in [0, 0.1) is 5.82 Å². The molecular weight excluding hydrogens is 313 g/mol. The molecule has 0 radical (unpaired) electrons. The number of rotatable bonds is 2. The Kier molecular flexibility index (Phi) is 3.08. The van der Waals surface area contributed by atoms with E-state index in [2.05, 4.69) is 31.1 Å². The number of pyridine rings is 1. The summed E-state index contributed by atoms with van der Waals surface area (Å²) in [6, 6.07) is 10.3. The molecule has 4 nitrogen and oxygen atoms in total. The van der Waals surface area contributed by atoms with Crippen LogP contribution in [0.15, 0.2) is 51.6 Å². The highest BCUT2D eigenvalue weighted by molar-refractivity contribution is 9.10. The van der Waals surface area contributed by atoms with Crippen molar-refractivity contribution in [2.45, 2.75) is 0 Å². The van der Waals surface area contributed by atoms with Gasteiger partial charge in [-0.25, -0.2) is 9.37 Å². The lowest BCUT2D eigenvalue weighted by atomic mass is 10.2. The molecule has 0 aliphatic rings. The second kappa shape index (κ2) is 4.89. The van der Waals surface area contributed by atoms with Crippen molar-refractivity contribution in [2.24, 2.45) is 0 Å². The fourth-order valence-electron chi connectivity index (χ4n) is 1.57. The molecule has 6 heteroatoms. The van der Waals surface area contributed by atoms with Crippen LogP contribution in [-0.4, -0.2) is 15.1 Å². The third kappa shape index (κ3) is 2.53. The molecule has 0 atom stereocenters. The zero-order valence-electron chi connectivity index (χ0n) is 9.55. The maximum absolute atomic E-state index is 12.8. The Labute approximate surface area is 116 Å². The van der Waals surface area contributed by atoms with Gasteiger partial charge in [0, 0.05) is 10.0 Å². The van der Waals surface area contributed by atoms with E-state index >= 15 is 0 Å². The van der Waals surface area contributed by atoms with Crippen LogP contribution in [0.1, 0.15) is 0 Å². The van der Waals surface area contributed by atoms with E-state index in [9.17, 15) is 4.39 Å². The van der Waals surface area contributed by atoms with Crippen molar-refractivity contribution in [2.75, 3.05) is 0 Å². The minimum Gasteiger partial charge on any atom is -0.334 e. The number of aromatic nitrogens is 3. The van der Waals surface area contributed by atoms with Gasteiger partial charge in [-0.05, 0) is 30.3 Å². The zero-order chi connectivity index (χ0) is 13.2. The lowest BCUT2D eigenvalue weighted by molar-refractivity contribution is 0.432. The minimum atomic E-state index is -0.403. The van der Waals surface area contributed by atoms with Crippen molar-refractivity contribution in [1.82, 2.24) is 15.1 Å². The Morgan fingerprint density at radius 2 is 2.05 bits per heavy atom. The minimum absolute atomic E-state index is 0.329. The third-order valence-corrected chi connectivity index (χ3v) is 2.95. The first-order chi connectivity index (χ1) is 9.22. The van der Waals surface area contributed by atoms with E-state index in [0.29, 0.717) is 17.4 Å². The van der Waals surface area contributed by atoms with Crippen LogP contribution in [-0.2, 0) is 0 Å². The molecule has 3 rings (SSSR count). The Hall–Kier alpha value is -2.08. The van der Waals surface area contributed by atoms with Gasteiger partial charge >= 0.3 is 0 Å². The first-order valence-corrected chi connectivity index (χ1v) is 6.23. The first kappa shape index (κ1) is 12.0. The summed E-state index contributed by atoms with van der Waals surface area (Å²) >= 11 is 3.38. The van der Waals surface area contributed by atoms with Gasteiger partial charge in [-0.1, -0.05) is 27.2 Å². The number of hydrogen-bond acceptors (Lipinski definition) is 4. The second-order valence-electron chi connectivity index (χ2n) is 3.80. The van der Waals surface area contributed by atoms with Gasteiger partial charge in [0.05, 0.1) is 6.20 Å². The monoisotopic (exact) mass is 319 g/mol. The average molecular weight is 320 g/mol. The maximum Gasteiger partial charge on any atom is 0.258 e. The molecule has 0 saturated carbocycles. The van der Waals surface area contributed by atoms with Crippen molar-refractivity contribution in [3.8, 4) is 23.0 Å². The molecule has 0 fully saturated rings. The molecule has 0 saturated heterocycles. The molecule has 0 bridgehead atoms. The summed E-state index contributed by atoms with van der Waals surface area (Å²) in [5.74, 6) is 0.317. The molecule has 0 unspecified atom stereocenters. The van der Waals surface area contributed by atoms with Crippen molar-refractivity contribution >= 4 is 15.9 Å². The molecule has 19 heavy (non-hydrogen) atoms. The van der Waals surface area contributed by atoms with Gasteiger partial charge in [-0.2, -0.15) is 4.98 Å². The zero-order valence-corrected chi connectivity index (χ0v) is 11.1. The Balaban J connectivity index is 1.97. The van der Waals surface area contributed by atoms with Gasteiger partial charge in [-0.3, -0.25) is 0 Å². The number of hydrogen-bond donors (Lipinski definition) is 0. The number of halogens is 2. The van der Waals surface area contributed by atoms with Crippen LogP contribution < -0.4 is 0 Å². The lowest BCUT2D eigenvalue weighted by Crippen LogP contribution is -1.86. The quantitative estimate of drug-likeness (QED) is 0.722. The third-order valence-electron chi connectivity index (χ3n) is 2.45. The summed E-state index contributed by atoms with van der Waals surface area (Å²) in [5, 5.41) is 3.84. The molecule has 2 aromatic heterocycles. The summed E-state index contributed by atoms with van der Waals surface area (Å²) in [4.78, 5) is 8.14. The summed E-state index contributed by atoms with van der Waals surface area (Å²) in [5.41, 5.74) is 1.27. The van der Waals surface area contributed by atoms with Crippen LogP contribution in [0.2, 0.25) is 0 Å². The van der Waals surface area contributed by atoms with Gasteiger partial charge in [0.2, 0.25) is 5.82 Å². The van der Waals surface area contributed by atoms with Crippen LogP contribution in [0.3, 0.4) is 0 Å². The highest BCUT2D eigenvalue weighted by atomic mass is 79.9. The molecule has 0 amide bonds. The fourth-order valence-corrected chi connectivity index (χ4v) is 1.97. The SMILES string of the molecule is Fc1ccc(-c2noc(-c3cccc(Br)c3)n2)nc1. The lowest BCUT2D eigenvalue weighted by Gasteiger charge is -1.94. The molecular formula is C13H7BrFN3O. The van der Waals surface area contributed by atoms with Crippen LogP contribution in [0.25, 0.3) is 23.0 Å². The molecule has 0 aliphatic heterocycles. The second-order valence-corrected chi connectivity index (χ2v) is 4.71. The van der Waals surface area contributed by atoms with E-state index in [1.807, 2.05) is 24.3 Å². The van der Waals surface area contributed by atoms with Crippen LogP contribution >= 0.6 is 15.9 Å². The largest absolute Gasteiger partial charge is 0.334 e. The van der Waals surface area contributed by atoms with E-state index in [0.717, 1.165) is 16.2 Å². The Morgan fingerprint density at radius 1 is 1.16 bits per heavy atom. The van der Waals surface area contributed by atoms with Crippen molar-refractivity contribution in [3.63, 3.8) is 0 Å². The molecule has 3 aromatic rings. The van der Waals surface area contributed by atoms with Crippen molar-refractivity contribution in [3.05, 3.63) is 52.9 Å². The Bertz CT molecular complexity index is 712. The standard InChI is InChI=1S/C13H7BrFN3O/c14-9-3-1-2-8(6-9)13-17-12(18-19-13)11-5-4-10(15)7-16-11/h1-7H. The van der Waals surface area contributed by atoms with E-state index < -0.39 is 5.82 Å². The molecule has 0 N–H and O–H groups in total. The van der Waals surface area contributed by atoms with Crippen LogP contribution in [0.5, 0.6) is 0 Å². The first-order valence-electron chi connectivity index (χ1n) is 5.44. The van der Waals surface area contributed by atoms with E-state index in [1.165, 1.54) is 12.1 Å². The van der Waals surface area contributed by atoms with Gasteiger partial charge in [0.25, 0.3) is 5.89 Å². The summed E-state index contributed by atoms with van der Waals surface area (Å²) in [7, 11) is 0. The number of benzene rings is 1. The summed E-state index contributed by atoms with van der Waals surface area (Å²) in [6.45, 7) is 0. The Morgan fingerprint density at radius 3 is 2.79 bits per heavy atom. The average Bonchev–Trinajstić information content (AvgIpc) is 2.89. The van der Waals surface area contributed by atoms with Crippen molar-refractivity contribution in [1.29, 1.82) is 0 Å². The fraction of sp³-hybridized carbons (Fsp3) is 0. The molecule has 1 aromatic carbocycles. The predicted molar refractivity (Wildman–Crippen MR) is 70.6 cm³/mol. The van der Waals surface area contributed by atoms with Gasteiger partial charge in [0.1, 0.15) is 11.5 Å².